The van der Waals surface area contributed by atoms with Gasteiger partial charge in [-0.15, -0.1) is 0 Å². The lowest BCUT2D eigenvalue weighted by atomic mass is 10.3. The minimum Gasteiger partial charge on any atom is -0.489 e. The van der Waals surface area contributed by atoms with Crippen LogP contribution in [0.4, 0.5) is 10.8 Å². The fourth-order valence-corrected chi connectivity index (χ4v) is 4.48. The zero-order valence-corrected chi connectivity index (χ0v) is 17.6. The second kappa shape index (κ2) is 6.75. The number of hydrogen-bond donors (Lipinski definition) is 1. The second-order valence-electron chi connectivity index (χ2n) is 6.88. The first-order valence-corrected chi connectivity index (χ1v) is 11.4. The minimum atomic E-state index is -3.34. The van der Waals surface area contributed by atoms with Gasteiger partial charge in [0.1, 0.15) is 16.8 Å². The zero-order valence-electron chi connectivity index (χ0n) is 15.9. The van der Waals surface area contributed by atoms with Crippen LogP contribution >= 0.6 is 11.3 Å². The van der Waals surface area contributed by atoms with Gasteiger partial charge in [0.05, 0.1) is 33.2 Å². The molecule has 2 heterocycles. The summed E-state index contributed by atoms with van der Waals surface area (Å²) in [6.45, 7) is 3.84. The molecular formula is C19H20N4O3S2. The summed E-state index contributed by atoms with van der Waals surface area (Å²) < 4.78 is 32.7. The number of nitrogens with zero attached hydrogens (tertiary/aromatic N) is 3. The molecule has 0 atom stereocenters. The lowest BCUT2D eigenvalue weighted by molar-refractivity contribution is 0.243. The fraction of sp³-hybridized carbons (Fsp3) is 0.263. The average Bonchev–Trinajstić information content (AvgIpc) is 3.18. The number of rotatable bonds is 5. The first-order chi connectivity index (χ1) is 13.2. The maximum absolute atomic E-state index is 12.0. The summed E-state index contributed by atoms with van der Waals surface area (Å²) in [6, 6.07) is 8.83. The SMILES string of the molecule is CC(C)Oc1ccc(S(C)(=O)=O)cc1Nc1nc2c(ccc3c2ncn3C)s1. The maximum atomic E-state index is 12.0. The Kier molecular flexibility index (Phi) is 4.51. The molecule has 7 nitrogen and oxygen atoms in total. The van der Waals surface area contributed by atoms with Gasteiger partial charge in [0.2, 0.25) is 0 Å². The van der Waals surface area contributed by atoms with E-state index in [-0.39, 0.29) is 11.0 Å². The Labute approximate surface area is 166 Å². The van der Waals surface area contributed by atoms with E-state index in [0.717, 1.165) is 21.3 Å². The van der Waals surface area contributed by atoms with Gasteiger partial charge >= 0.3 is 0 Å². The van der Waals surface area contributed by atoms with E-state index in [1.165, 1.54) is 17.6 Å². The van der Waals surface area contributed by atoms with E-state index in [0.29, 0.717) is 16.6 Å². The van der Waals surface area contributed by atoms with Crippen molar-refractivity contribution in [2.24, 2.45) is 7.05 Å². The molecule has 0 amide bonds. The number of fused-ring (bicyclic) bond motifs is 3. The van der Waals surface area contributed by atoms with Crippen molar-refractivity contribution in [1.82, 2.24) is 14.5 Å². The molecule has 146 valence electrons. The van der Waals surface area contributed by atoms with E-state index in [1.807, 2.05) is 37.6 Å². The standard InChI is InChI=1S/C19H20N4O3S2/c1-11(2)26-15-7-5-12(28(4,24)25)9-13(15)21-19-22-18-16(27-19)8-6-14-17(18)20-10-23(14)3/h5-11H,1-4H3,(H,21,22). The van der Waals surface area contributed by atoms with Crippen molar-refractivity contribution in [2.45, 2.75) is 24.8 Å². The summed E-state index contributed by atoms with van der Waals surface area (Å²) in [5.74, 6) is 0.574. The van der Waals surface area contributed by atoms with Crippen molar-refractivity contribution in [3.63, 3.8) is 0 Å². The van der Waals surface area contributed by atoms with Crippen LogP contribution in [0.1, 0.15) is 13.8 Å². The molecule has 0 aliphatic rings. The molecule has 0 spiro atoms. The Morgan fingerprint density at radius 1 is 1.18 bits per heavy atom. The Bertz CT molecular complexity index is 1290. The first-order valence-electron chi connectivity index (χ1n) is 8.71. The van der Waals surface area contributed by atoms with E-state index >= 15 is 0 Å². The number of thiazole rings is 1. The molecule has 0 saturated heterocycles. The Hall–Kier alpha value is -2.65. The molecule has 0 unspecified atom stereocenters. The molecule has 4 rings (SSSR count). The van der Waals surface area contributed by atoms with Gasteiger partial charge in [0.25, 0.3) is 0 Å². The molecule has 28 heavy (non-hydrogen) atoms. The van der Waals surface area contributed by atoms with Crippen LogP contribution in [0.2, 0.25) is 0 Å². The van der Waals surface area contributed by atoms with Crippen LogP contribution in [0, 0.1) is 0 Å². The smallest absolute Gasteiger partial charge is 0.188 e. The molecule has 1 N–H and O–H groups in total. The molecule has 0 saturated carbocycles. The van der Waals surface area contributed by atoms with Crippen LogP contribution in [-0.4, -0.2) is 35.3 Å². The molecule has 0 aliphatic heterocycles. The Balaban J connectivity index is 1.79. The monoisotopic (exact) mass is 416 g/mol. The fourth-order valence-electron chi connectivity index (χ4n) is 2.95. The summed E-state index contributed by atoms with van der Waals surface area (Å²) in [4.78, 5) is 9.36. The Morgan fingerprint density at radius 3 is 2.68 bits per heavy atom. The number of aromatic nitrogens is 3. The van der Waals surface area contributed by atoms with Gasteiger partial charge in [-0.3, -0.25) is 0 Å². The van der Waals surface area contributed by atoms with E-state index in [2.05, 4.69) is 15.3 Å². The largest absolute Gasteiger partial charge is 0.489 e. The number of benzene rings is 2. The van der Waals surface area contributed by atoms with Crippen LogP contribution < -0.4 is 10.1 Å². The normalized spacial score (nSPS) is 12.2. The van der Waals surface area contributed by atoms with Crippen LogP contribution in [-0.2, 0) is 16.9 Å². The highest BCUT2D eigenvalue weighted by Gasteiger charge is 2.16. The van der Waals surface area contributed by atoms with Crippen molar-refractivity contribution in [2.75, 3.05) is 11.6 Å². The predicted molar refractivity (Wildman–Crippen MR) is 112 cm³/mol. The van der Waals surface area contributed by atoms with Crippen molar-refractivity contribution in [3.05, 3.63) is 36.7 Å². The molecule has 9 heteroatoms. The number of aryl methyl sites for hydroxylation is 1. The second-order valence-corrected chi connectivity index (χ2v) is 9.92. The van der Waals surface area contributed by atoms with Crippen LogP contribution in [0.15, 0.2) is 41.6 Å². The van der Waals surface area contributed by atoms with E-state index in [1.54, 1.807) is 24.5 Å². The molecule has 0 aliphatic carbocycles. The van der Waals surface area contributed by atoms with Gasteiger partial charge in [-0.1, -0.05) is 11.3 Å². The highest BCUT2D eigenvalue weighted by atomic mass is 32.2. The predicted octanol–water partition coefficient (Wildman–Crippen LogP) is 4.12. The van der Waals surface area contributed by atoms with E-state index in [4.69, 9.17) is 4.74 Å². The summed E-state index contributed by atoms with van der Waals surface area (Å²) in [5.41, 5.74) is 3.23. The molecule has 2 aromatic carbocycles. The summed E-state index contributed by atoms with van der Waals surface area (Å²) >= 11 is 1.48. The number of sulfone groups is 1. The Morgan fingerprint density at radius 2 is 1.96 bits per heavy atom. The van der Waals surface area contributed by atoms with Gasteiger partial charge in [-0.2, -0.15) is 0 Å². The average molecular weight is 417 g/mol. The lowest BCUT2D eigenvalue weighted by Gasteiger charge is -2.15. The van der Waals surface area contributed by atoms with Crippen LogP contribution in [0.5, 0.6) is 5.75 Å². The lowest BCUT2D eigenvalue weighted by Crippen LogP contribution is -2.08. The van der Waals surface area contributed by atoms with Gasteiger partial charge in [-0.25, -0.2) is 18.4 Å². The van der Waals surface area contributed by atoms with Crippen LogP contribution in [0.25, 0.3) is 21.3 Å². The minimum absolute atomic E-state index is 0.0480. The third kappa shape index (κ3) is 3.43. The van der Waals surface area contributed by atoms with E-state index < -0.39 is 9.84 Å². The first kappa shape index (κ1) is 18.7. The maximum Gasteiger partial charge on any atom is 0.188 e. The number of imidazole rings is 1. The number of anilines is 2. The quantitative estimate of drug-likeness (QED) is 0.527. The number of hydrogen-bond acceptors (Lipinski definition) is 7. The molecule has 0 fully saturated rings. The van der Waals surface area contributed by atoms with Crippen molar-refractivity contribution >= 4 is 53.2 Å². The summed E-state index contributed by atoms with van der Waals surface area (Å²) in [6.07, 6.45) is 2.90. The molecule has 2 aromatic heterocycles. The molecule has 0 bridgehead atoms. The third-order valence-electron chi connectivity index (χ3n) is 4.24. The van der Waals surface area contributed by atoms with Gasteiger partial charge in [-0.05, 0) is 44.2 Å². The molecular weight excluding hydrogens is 396 g/mol. The summed E-state index contributed by atoms with van der Waals surface area (Å²) in [5, 5.41) is 3.88. The topological polar surface area (TPSA) is 86.1 Å². The van der Waals surface area contributed by atoms with Gasteiger partial charge in [0, 0.05) is 13.3 Å². The zero-order chi connectivity index (χ0) is 20.1. The molecule has 0 radical (unpaired) electrons. The van der Waals surface area contributed by atoms with Crippen LogP contribution in [0.3, 0.4) is 0 Å². The van der Waals surface area contributed by atoms with Crippen molar-refractivity contribution < 1.29 is 13.2 Å². The third-order valence-corrected chi connectivity index (χ3v) is 6.28. The van der Waals surface area contributed by atoms with E-state index in [9.17, 15) is 8.42 Å². The summed E-state index contributed by atoms with van der Waals surface area (Å²) in [7, 11) is -1.40. The molecule has 4 aromatic rings. The van der Waals surface area contributed by atoms with Gasteiger partial charge < -0.3 is 14.6 Å². The number of ether oxygens (including phenoxy) is 1. The highest BCUT2D eigenvalue weighted by Crippen LogP contribution is 2.36. The van der Waals surface area contributed by atoms with Crippen molar-refractivity contribution in [3.8, 4) is 5.75 Å². The van der Waals surface area contributed by atoms with Gasteiger partial charge in [0.15, 0.2) is 15.0 Å². The number of nitrogens with one attached hydrogen (secondary N) is 1. The van der Waals surface area contributed by atoms with Crippen molar-refractivity contribution in [1.29, 1.82) is 0 Å². The highest BCUT2D eigenvalue weighted by molar-refractivity contribution is 7.90.